The summed E-state index contributed by atoms with van der Waals surface area (Å²) in [6.07, 6.45) is -0.199. The summed E-state index contributed by atoms with van der Waals surface area (Å²) >= 11 is 5.47. The summed E-state index contributed by atoms with van der Waals surface area (Å²) < 4.78 is 0.843. The summed E-state index contributed by atoms with van der Waals surface area (Å²) in [5, 5.41) is 53.5. The fraction of sp³-hybridized carbons (Fsp3) is 0.471. The van der Waals surface area contributed by atoms with Crippen LogP contribution in [0.15, 0.2) is 0 Å². The number of halogens is 3. The highest BCUT2D eigenvalue weighted by Crippen LogP contribution is 2.36. The number of anilines is 1. The van der Waals surface area contributed by atoms with Gasteiger partial charge in [0.15, 0.2) is 0 Å². The van der Waals surface area contributed by atoms with Gasteiger partial charge in [-0.1, -0.05) is 0 Å². The number of benzene rings is 1. The number of amides is 3. The van der Waals surface area contributed by atoms with E-state index in [-0.39, 0.29) is 26.8 Å². The Labute approximate surface area is 218 Å². The summed E-state index contributed by atoms with van der Waals surface area (Å²) in [6, 6.07) is -1.87. The molecule has 31 heavy (non-hydrogen) atoms. The first-order valence-corrected chi connectivity index (χ1v) is 12.1. The summed E-state index contributed by atoms with van der Waals surface area (Å²) in [5.74, 6) is -1.92. The topological polar surface area (TPSA) is 188 Å². The van der Waals surface area contributed by atoms with Crippen LogP contribution in [-0.2, 0) is 4.79 Å². The van der Waals surface area contributed by atoms with Crippen molar-refractivity contribution in [3.8, 4) is 0 Å². The van der Waals surface area contributed by atoms with Crippen molar-refractivity contribution in [2.24, 2.45) is 0 Å². The molecule has 0 aliphatic rings. The first-order valence-electron chi connectivity index (χ1n) is 8.82. The predicted molar refractivity (Wildman–Crippen MR) is 136 cm³/mol. The van der Waals surface area contributed by atoms with Crippen LogP contribution < -0.4 is 16.0 Å². The molecule has 0 spiro atoms. The molecule has 1 aromatic rings. The fourth-order valence-corrected chi connectivity index (χ4v) is 6.70. The van der Waals surface area contributed by atoms with Crippen LogP contribution in [0.1, 0.15) is 27.1 Å². The standard InChI is InChI=1S/C17H22I3N3O8/c18-12-10(16(30)21-7(3-25)4-26)13(19)15(23-9(29)1-2-24)14(20)11(12)17(31)22-8(5-27)6-28/h7-8,24-28H,1-6H2,(H,21,30)(H,22,31)(H,23,29). The average Bonchev–Trinajstić information content (AvgIpc) is 2.73. The molecule has 0 atom stereocenters. The average molecular weight is 777 g/mol. The third-order valence-electron chi connectivity index (χ3n) is 3.93. The van der Waals surface area contributed by atoms with E-state index >= 15 is 0 Å². The van der Waals surface area contributed by atoms with Crippen LogP contribution in [0.2, 0.25) is 0 Å². The molecule has 0 fully saturated rings. The molecular weight excluding hydrogens is 755 g/mol. The quantitative estimate of drug-likeness (QED) is 0.131. The summed E-state index contributed by atoms with van der Waals surface area (Å²) in [4.78, 5) is 37.9. The smallest absolute Gasteiger partial charge is 0.253 e. The van der Waals surface area contributed by atoms with Crippen molar-refractivity contribution in [3.05, 3.63) is 21.8 Å². The van der Waals surface area contributed by atoms with Gasteiger partial charge in [0.1, 0.15) is 0 Å². The molecule has 1 aromatic carbocycles. The van der Waals surface area contributed by atoms with Crippen LogP contribution in [0.4, 0.5) is 5.69 Å². The zero-order valence-electron chi connectivity index (χ0n) is 16.0. The van der Waals surface area contributed by atoms with E-state index in [1.807, 2.05) is 45.2 Å². The van der Waals surface area contributed by atoms with Crippen LogP contribution in [0.25, 0.3) is 0 Å². The van der Waals surface area contributed by atoms with Gasteiger partial charge < -0.3 is 41.5 Å². The van der Waals surface area contributed by atoms with E-state index in [4.69, 9.17) is 5.11 Å². The molecule has 8 N–H and O–H groups in total. The minimum Gasteiger partial charge on any atom is -0.396 e. The summed E-state index contributed by atoms with van der Waals surface area (Å²) in [5.41, 5.74) is 0.231. The van der Waals surface area contributed by atoms with Crippen molar-refractivity contribution in [3.63, 3.8) is 0 Å². The van der Waals surface area contributed by atoms with E-state index in [1.165, 1.54) is 0 Å². The second-order valence-corrected chi connectivity index (χ2v) is 9.40. The van der Waals surface area contributed by atoms with Crippen molar-refractivity contribution in [2.45, 2.75) is 18.5 Å². The van der Waals surface area contributed by atoms with Crippen molar-refractivity contribution in [1.29, 1.82) is 0 Å². The molecule has 0 aromatic heterocycles. The van der Waals surface area contributed by atoms with Crippen molar-refractivity contribution >= 4 is 91.2 Å². The Hall–Kier alpha value is -0.380. The molecule has 3 amide bonds. The minimum atomic E-state index is -0.934. The maximum atomic E-state index is 12.9. The molecule has 0 aliphatic heterocycles. The Morgan fingerprint density at radius 2 is 1.10 bits per heavy atom. The number of hydrogen-bond acceptors (Lipinski definition) is 8. The summed E-state index contributed by atoms with van der Waals surface area (Å²) in [7, 11) is 0. The molecule has 174 valence electrons. The number of hydrogen-bond donors (Lipinski definition) is 8. The van der Waals surface area contributed by atoms with E-state index in [0.717, 1.165) is 0 Å². The van der Waals surface area contributed by atoms with E-state index in [0.29, 0.717) is 7.14 Å². The Kier molecular flexibility index (Phi) is 12.9. The number of carbonyl (C=O) groups is 3. The van der Waals surface area contributed by atoms with Gasteiger partial charge in [-0.25, -0.2) is 0 Å². The molecule has 0 aliphatic carbocycles. The van der Waals surface area contributed by atoms with Gasteiger partial charge >= 0.3 is 0 Å². The lowest BCUT2D eigenvalue weighted by Crippen LogP contribution is -2.42. The second kappa shape index (κ2) is 14.0. The lowest BCUT2D eigenvalue weighted by atomic mass is 10.1. The van der Waals surface area contributed by atoms with Crippen molar-refractivity contribution in [2.75, 3.05) is 38.4 Å². The first kappa shape index (κ1) is 28.7. The monoisotopic (exact) mass is 777 g/mol. The van der Waals surface area contributed by atoms with Crippen LogP contribution in [0.5, 0.6) is 0 Å². The number of rotatable bonds is 11. The van der Waals surface area contributed by atoms with Gasteiger partial charge in [-0.3, -0.25) is 14.4 Å². The van der Waals surface area contributed by atoms with E-state index < -0.39 is 62.8 Å². The lowest BCUT2D eigenvalue weighted by Gasteiger charge is -2.22. The molecule has 14 heteroatoms. The molecule has 0 unspecified atom stereocenters. The van der Waals surface area contributed by atoms with Gasteiger partial charge in [-0.2, -0.15) is 0 Å². The van der Waals surface area contributed by atoms with Crippen LogP contribution in [0, 0.1) is 10.7 Å². The van der Waals surface area contributed by atoms with E-state index in [1.54, 1.807) is 22.6 Å². The van der Waals surface area contributed by atoms with Gasteiger partial charge in [0.2, 0.25) is 5.91 Å². The highest BCUT2D eigenvalue weighted by molar-refractivity contribution is 14.1. The van der Waals surface area contributed by atoms with Gasteiger partial charge in [-0.15, -0.1) is 0 Å². The Morgan fingerprint density at radius 3 is 1.42 bits per heavy atom. The predicted octanol–water partition coefficient (Wildman–Crippen LogP) is -1.01. The highest BCUT2D eigenvalue weighted by Gasteiger charge is 2.30. The Balaban J connectivity index is 3.62. The summed E-state index contributed by atoms with van der Waals surface area (Å²) in [6.45, 7) is -2.44. The number of aliphatic hydroxyl groups excluding tert-OH is 5. The fourth-order valence-electron chi connectivity index (χ4n) is 2.29. The zero-order chi connectivity index (χ0) is 23.7. The van der Waals surface area contributed by atoms with Crippen LogP contribution in [-0.4, -0.2) is 88.4 Å². The van der Waals surface area contributed by atoms with Gasteiger partial charge in [-0.05, 0) is 67.8 Å². The van der Waals surface area contributed by atoms with E-state index in [2.05, 4.69) is 16.0 Å². The maximum Gasteiger partial charge on any atom is 0.253 e. The molecule has 1 rings (SSSR count). The van der Waals surface area contributed by atoms with Crippen LogP contribution in [0.3, 0.4) is 0 Å². The van der Waals surface area contributed by atoms with Gasteiger partial charge in [0.25, 0.3) is 11.8 Å². The Bertz CT molecular complexity index is 763. The second-order valence-electron chi connectivity index (χ2n) is 6.16. The Morgan fingerprint density at radius 1 is 0.710 bits per heavy atom. The maximum absolute atomic E-state index is 12.9. The molecule has 0 heterocycles. The third kappa shape index (κ3) is 7.57. The molecular formula is C17H22I3N3O8. The number of carbonyl (C=O) groups excluding carboxylic acids is 3. The number of aliphatic hydroxyl groups is 5. The van der Waals surface area contributed by atoms with Crippen molar-refractivity contribution in [1.82, 2.24) is 10.6 Å². The largest absolute Gasteiger partial charge is 0.396 e. The molecule has 11 nitrogen and oxygen atoms in total. The number of nitrogens with one attached hydrogen (secondary N) is 3. The van der Waals surface area contributed by atoms with E-state index in [9.17, 15) is 34.8 Å². The SMILES string of the molecule is O=C(CCO)Nc1c(I)c(C(=O)NC(CO)CO)c(I)c(C(=O)NC(CO)CO)c1I. The normalized spacial score (nSPS) is 11.0. The third-order valence-corrected chi connectivity index (χ3v) is 7.16. The molecule has 0 saturated heterocycles. The lowest BCUT2D eigenvalue weighted by molar-refractivity contribution is -0.116. The molecule has 0 bridgehead atoms. The van der Waals surface area contributed by atoms with Crippen molar-refractivity contribution < 1.29 is 39.9 Å². The van der Waals surface area contributed by atoms with Gasteiger partial charge in [0, 0.05) is 3.57 Å². The molecule has 0 saturated carbocycles. The first-order chi connectivity index (χ1) is 14.7. The molecule has 0 radical (unpaired) electrons. The zero-order valence-corrected chi connectivity index (χ0v) is 22.5. The van der Waals surface area contributed by atoms with Gasteiger partial charge in [0.05, 0.1) is 75.5 Å². The highest BCUT2D eigenvalue weighted by atomic mass is 127. The minimum absolute atomic E-state index is 0.0301. The van der Waals surface area contributed by atoms with Crippen LogP contribution >= 0.6 is 67.8 Å².